The smallest absolute Gasteiger partial charge is 0.238 e. The van der Waals surface area contributed by atoms with Crippen molar-refractivity contribution in [2.45, 2.75) is 30.3 Å². The van der Waals surface area contributed by atoms with Gasteiger partial charge in [0.2, 0.25) is 15.9 Å². The van der Waals surface area contributed by atoms with Gasteiger partial charge in [0.05, 0.1) is 17.0 Å². The molecule has 0 radical (unpaired) electrons. The zero-order valence-corrected chi connectivity index (χ0v) is 22.0. The molecule has 10 heteroatoms. The number of nitrogens with two attached hydrogens (primary N) is 1. The minimum atomic E-state index is -3.73. The average Bonchev–Trinajstić information content (AvgIpc) is 2.91. The summed E-state index contributed by atoms with van der Waals surface area (Å²) in [7, 11) is -3.73. The summed E-state index contributed by atoms with van der Waals surface area (Å²) in [4.78, 5) is 17.3. The zero-order chi connectivity index (χ0) is 27.3. The van der Waals surface area contributed by atoms with Crippen molar-refractivity contribution in [2.75, 3.05) is 32.7 Å². The van der Waals surface area contributed by atoms with Crippen molar-refractivity contribution in [3.05, 3.63) is 101 Å². The van der Waals surface area contributed by atoms with Crippen LogP contribution in [0.25, 0.3) is 0 Å². The zero-order valence-electron chi connectivity index (χ0n) is 21.2. The number of carbonyl (C=O) groups excluding carboxylic acids is 1. The third-order valence-electron chi connectivity index (χ3n) is 6.98. The highest BCUT2D eigenvalue weighted by Crippen LogP contribution is 2.30. The number of halogens is 2. The molecule has 0 aromatic heterocycles. The molecule has 4 rings (SSSR count). The highest BCUT2D eigenvalue weighted by molar-refractivity contribution is 7.89. The number of sulfonamides is 1. The fraction of sp³-hybridized carbons (Fsp3) is 0.321. The second kappa shape index (κ2) is 12.1. The Balaban J connectivity index is 1.32. The first-order chi connectivity index (χ1) is 18.1. The fourth-order valence-electron chi connectivity index (χ4n) is 4.78. The van der Waals surface area contributed by atoms with E-state index in [-0.39, 0.29) is 34.5 Å². The number of hydrogen-bond donors (Lipinski definition) is 2. The minimum Gasteiger partial charge on any atom is -0.354 e. The fourth-order valence-corrected chi connectivity index (χ4v) is 5.29. The molecule has 3 aromatic carbocycles. The van der Waals surface area contributed by atoms with Crippen LogP contribution < -0.4 is 10.5 Å². The lowest BCUT2D eigenvalue weighted by Gasteiger charge is -2.41. The van der Waals surface area contributed by atoms with E-state index in [9.17, 15) is 22.0 Å². The first-order valence-electron chi connectivity index (χ1n) is 12.5. The van der Waals surface area contributed by atoms with E-state index in [2.05, 4.69) is 15.1 Å². The van der Waals surface area contributed by atoms with Gasteiger partial charge in [-0.1, -0.05) is 36.4 Å². The normalized spacial score (nSPS) is 15.9. The van der Waals surface area contributed by atoms with Gasteiger partial charge in [-0.2, -0.15) is 0 Å². The Kier molecular flexibility index (Phi) is 8.88. The van der Waals surface area contributed by atoms with Crippen molar-refractivity contribution in [3.8, 4) is 0 Å². The van der Waals surface area contributed by atoms with Crippen molar-refractivity contribution in [1.29, 1.82) is 0 Å². The van der Waals surface area contributed by atoms with E-state index in [0.717, 1.165) is 16.7 Å². The van der Waals surface area contributed by atoms with Gasteiger partial charge < -0.3 is 5.32 Å². The molecule has 0 aliphatic carbocycles. The van der Waals surface area contributed by atoms with Crippen LogP contribution >= 0.6 is 0 Å². The molecule has 3 aromatic rings. The summed E-state index contributed by atoms with van der Waals surface area (Å²) < 4.78 is 49.9. The number of benzene rings is 3. The van der Waals surface area contributed by atoms with E-state index >= 15 is 0 Å². The number of amides is 1. The quantitative estimate of drug-likeness (QED) is 0.433. The molecule has 1 saturated heterocycles. The highest BCUT2D eigenvalue weighted by Gasteiger charge is 2.30. The van der Waals surface area contributed by atoms with Crippen molar-refractivity contribution in [1.82, 2.24) is 15.1 Å². The predicted octanol–water partition coefficient (Wildman–Crippen LogP) is 3.07. The van der Waals surface area contributed by atoms with Gasteiger partial charge in [0, 0.05) is 32.7 Å². The average molecular weight is 543 g/mol. The van der Waals surface area contributed by atoms with Crippen LogP contribution in [0.15, 0.2) is 77.7 Å². The van der Waals surface area contributed by atoms with Gasteiger partial charge in [-0.15, -0.1) is 0 Å². The Hall–Kier alpha value is -3.18. The number of nitrogens with one attached hydrogen (secondary N) is 1. The van der Waals surface area contributed by atoms with Crippen molar-refractivity contribution in [3.63, 3.8) is 0 Å². The van der Waals surface area contributed by atoms with E-state index in [0.29, 0.717) is 39.1 Å². The molecule has 1 atom stereocenters. The number of primary sulfonamides is 1. The Morgan fingerprint density at radius 3 is 1.79 bits per heavy atom. The SMILES string of the molecule is C[C@H](C(=O)NCCc1ccc(S(N)(=O)=O)cc1)N1CCN(C(c2ccc(F)cc2)c2ccc(F)cc2)CC1. The summed E-state index contributed by atoms with van der Waals surface area (Å²) in [6.07, 6.45) is 0.564. The highest BCUT2D eigenvalue weighted by atomic mass is 32.2. The number of nitrogens with zero attached hydrogens (tertiary/aromatic N) is 2. The number of carbonyl (C=O) groups is 1. The van der Waals surface area contributed by atoms with Gasteiger partial charge in [0.15, 0.2) is 0 Å². The van der Waals surface area contributed by atoms with Crippen LogP contribution in [-0.4, -0.2) is 62.9 Å². The number of rotatable bonds is 9. The molecule has 202 valence electrons. The van der Waals surface area contributed by atoms with E-state index in [4.69, 9.17) is 5.14 Å². The van der Waals surface area contributed by atoms with Crippen molar-refractivity contribution < 1.29 is 22.0 Å². The third-order valence-corrected chi connectivity index (χ3v) is 7.91. The van der Waals surface area contributed by atoms with Crippen LogP contribution in [-0.2, 0) is 21.2 Å². The van der Waals surface area contributed by atoms with Crippen LogP contribution in [0, 0.1) is 11.6 Å². The van der Waals surface area contributed by atoms with E-state index in [1.165, 1.54) is 36.4 Å². The summed E-state index contributed by atoms with van der Waals surface area (Å²) in [5.41, 5.74) is 2.75. The molecule has 1 aliphatic rings. The second-order valence-corrected chi connectivity index (χ2v) is 11.0. The molecule has 1 heterocycles. The molecule has 0 spiro atoms. The molecule has 0 bridgehead atoms. The molecule has 3 N–H and O–H groups in total. The lowest BCUT2D eigenvalue weighted by Crippen LogP contribution is -2.54. The Bertz CT molecular complexity index is 1280. The van der Waals surface area contributed by atoms with Crippen LogP contribution in [0.1, 0.15) is 29.7 Å². The van der Waals surface area contributed by atoms with Crippen LogP contribution in [0.3, 0.4) is 0 Å². The maximum atomic E-state index is 13.6. The molecular weight excluding hydrogens is 510 g/mol. The predicted molar refractivity (Wildman–Crippen MR) is 142 cm³/mol. The van der Waals surface area contributed by atoms with Crippen molar-refractivity contribution >= 4 is 15.9 Å². The lowest BCUT2D eigenvalue weighted by molar-refractivity contribution is -0.126. The van der Waals surface area contributed by atoms with Crippen molar-refractivity contribution in [2.24, 2.45) is 5.14 Å². The summed E-state index contributed by atoms with van der Waals surface area (Å²) in [6, 6.07) is 18.6. The maximum Gasteiger partial charge on any atom is 0.238 e. The monoisotopic (exact) mass is 542 g/mol. The van der Waals surface area contributed by atoms with E-state index < -0.39 is 10.0 Å². The molecule has 0 saturated carbocycles. The molecule has 1 fully saturated rings. The Morgan fingerprint density at radius 2 is 1.32 bits per heavy atom. The van der Waals surface area contributed by atoms with Crippen LogP contribution in [0.4, 0.5) is 8.78 Å². The molecule has 7 nitrogen and oxygen atoms in total. The summed E-state index contributed by atoms with van der Waals surface area (Å²) in [5.74, 6) is -0.693. The standard InChI is InChI=1S/C28H32F2N4O3S/c1-20(28(35)32-15-14-21-2-12-26(13-3-21)38(31,36)37)33-16-18-34(19-17-33)27(22-4-8-24(29)9-5-22)23-6-10-25(30)11-7-23/h2-13,20,27H,14-19H2,1H3,(H,32,35)(H2,31,36,37)/t20-/m1/s1. The van der Waals surface area contributed by atoms with Gasteiger partial charge in [-0.05, 0) is 66.4 Å². The molecule has 1 amide bonds. The lowest BCUT2D eigenvalue weighted by atomic mass is 9.96. The minimum absolute atomic E-state index is 0.0548. The Morgan fingerprint density at radius 1 is 0.842 bits per heavy atom. The summed E-state index contributed by atoms with van der Waals surface area (Å²) >= 11 is 0. The van der Waals surface area contributed by atoms with Gasteiger partial charge in [0.25, 0.3) is 0 Å². The largest absolute Gasteiger partial charge is 0.354 e. The van der Waals surface area contributed by atoms with Gasteiger partial charge >= 0.3 is 0 Å². The summed E-state index contributed by atoms with van der Waals surface area (Å²) in [6.45, 7) is 5.02. The van der Waals surface area contributed by atoms with Gasteiger partial charge in [-0.3, -0.25) is 14.6 Å². The number of hydrogen-bond acceptors (Lipinski definition) is 5. The van der Waals surface area contributed by atoms with Crippen LogP contribution in [0.2, 0.25) is 0 Å². The third kappa shape index (κ3) is 7.02. The molecule has 38 heavy (non-hydrogen) atoms. The molecule has 1 aliphatic heterocycles. The maximum absolute atomic E-state index is 13.6. The van der Waals surface area contributed by atoms with Crippen LogP contribution in [0.5, 0.6) is 0 Å². The molecular formula is C28H32F2N4O3S. The first-order valence-corrected chi connectivity index (χ1v) is 14.0. The second-order valence-electron chi connectivity index (χ2n) is 9.48. The van der Waals surface area contributed by atoms with E-state index in [1.807, 2.05) is 6.92 Å². The first kappa shape index (κ1) is 27.8. The summed E-state index contributed by atoms with van der Waals surface area (Å²) in [5, 5.41) is 8.09. The topological polar surface area (TPSA) is 95.7 Å². The van der Waals surface area contributed by atoms with Gasteiger partial charge in [0.1, 0.15) is 11.6 Å². The Labute approximate surface area is 222 Å². The molecule has 0 unspecified atom stereocenters. The van der Waals surface area contributed by atoms with E-state index in [1.54, 1.807) is 36.4 Å². The number of piperazine rings is 1. The van der Waals surface area contributed by atoms with Gasteiger partial charge in [-0.25, -0.2) is 22.3 Å².